The molecule has 0 spiro atoms. The molecule has 0 amide bonds. The number of nitrogens with zero attached hydrogens (tertiary/aromatic N) is 2. The van der Waals surface area contributed by atoms with Gasteiger partial charge in [0, 0.05) is 0 Å². The molecule has 0 saturated carbocycles. The Bertz CT molecular complexity index is 693. The highest BCUT2D eigenvalue weighted by atomic mass is 35.5. The quantitative estimate of drug-likeness (QED) is 0.565. The number of aryl methyl sites for hydroxylation is 4. The molecule has 0 aliphatic heterocycles. The minimum atomic E-state index is 0.563. The Balaban J connectivity index is 2.02. The molecule has 1 aromatic carbocycles. The number of ether oxygens (including phenoxy) is 1. The van der Waals surface area contributed by atoms with E-state index in [-0.39, 0.29) is 0 Å². The third kappa shape index (κ3) is 5.34. The third-order valence-corrected chi connectivity index (χ3v) is 4.94. The van der Waals surface area contributed by atoms with Gasteiger partial charge in [0.15, 0.2) is 0 Å². The van der Waals surface area contributed by atoms with Crippen LogP contribution in [0.2, 0.25) is 5.02 Å². The highest BCUT2D eigenvalue weighted by molar-refractivity contribution is 6.33. The molecule has 0 saturated heterocycles. The smallest absolute Gasteiger partial charge is 0.148 e. The Morgan fingerprint density at radius 3 is 2.38 bits per heavy atom. The van der Waals surface area contributed by atoms with Gasteiger partial charge in [0.1, 0.15) is 29.5 Å². The molecule has 5 heteroatoms. The van der Waals surface area contributed by atoms with E-state index in [9.17, 15) is 0 Å². The van der Waals surface area contributed by atoms with Crippen LogP contribution in [0.1, 0.15) is 56.0 Å². The average Bonchev–Trinajstić information content (AvgIpc) is 2.66. The molecule has 142 valence electrons. The van der Waals surface area contributed by atoms with Crippen LogP contribution in [0, 0.1) is 6.92 Å². The van der Waals surface area contributed by atoms with Crippen molar-refractivity contribution in [2.45, 2.75) is 59.8 Å². The van der Waals surface area contributed by atoms with Crippen LogP contribution in [0.5, 0.6) is 5.75 Å². The van der Waals surface area contributed by atoms with E-state index in [1.807, 2.05) is 6.92 Å². The van der Waals surface area contributed by atoms with Crippen molar-refractivity contribution in [2.75, 3.05) is 18.5 Å². The highest BCUT2D eigenvalue weighted by Gasteiger charge is 2.11. The summed E-state index contributed by atoms with van der Waals surface area (Å²) in [6.07, 6.45) is 7.07. The van der Waals surface area contributed by atoms with E-state index in [0.29, 0.717) is 24.0 Å². The first-order valence-electron chi connectivity index (χ1n) is 9.59. The van der Waals surface area contributed by atoms with Crippen LogP contribution in [0.4, 0.5) is 5.82 Å². The fourth-order valence-electron chi connectivity index (χ4n) is 2.97. The fraction of sp³-hybridized carbons (Fsp3) is 0.524. The van der Waals surface area contributed by atoms with Crippen molar-refractivity contribution in [3.63, 3.8) is 0 Å². The minimum Gasteiger partial charge on any atom is -0.491 e. The number of benzene rings is 1. The summed E-state index contributed by atoms with van der Waals surface area (Å²) >= 11 is 6.22. The van der Waals surface area contributed by atoms with Crippen molar-refractivity contribution in [3.05, 3.63) is 45.9 Å². The van der Waals surface area contributed by atoms with Gasteiger partial charge >= 0.3 is 0 Å². The molecule has 26 heavy (non-hydrogen) atoms. The van der Waals surface area contributed by atoms with E-state index in [4.69, 9.17) is 16.3 Å². The van der Waals surface area contributed by atoms with Crippen molar-refractivity contribution in [2.24, 2.45) is 0 Å². The molecule has 0 bridgehead atoms. The van der Waals surface area contributed by atoms with Crippen LogP contribution in [-0.2, 0) is 19.3 Å². The molecule has 0 aliphatic rings. The summed E-state index contributed by atoms with van der Waals surface area (Å²) in [6, 6.07) is 4.62. The fourth-order valence-corrected chi connectivity index (χ4v) is 3.13. The summed E-state index contributed by atoms with van der Waals surface area (Å²) in [5, 5.41) is 3.80. The number of rotatable bonds is 10. The van der Waals surface area contributed by atoms with E-state index in [0.717, 1.165) is 30.7 Å². The lowest BCUT2D eigenvalue weighted by molar-refractivity contribution is 0.326. The lowest BCUT2D eigenvalue weighted by Crippen LogP contribution is -2.14. The Labute approximate surface area is 162 Å². The van der Waals surface area contributed by atoms with Crippen LogP contribution >= 0.6 is 11.6 Å². The van der Waals surface area contributed by atoms with Crippen molar-refractivity contribution in [3.8, 4) is 5.75 Å². The van der Waals surface area contributed by atoms with Crippen LogP contribution in [0.15, 0.2) is 18.5 Å². The molecule has 0 fully saturated rings. The Morgan fingerprint density at radius 2 is 1.77 bits per heavy atom. The van der Waals surface area contributed by atoms with Gasteiger partial charge in [-0.2, -0.15) is 0 Å². The Morgan fingerprint density at radius 1 is 1.08 bits per heavy atom. The second-order valence-electron chi connectivity index (χ2n) is 6.45. The molecular formula is C21H30ClN3O. The number of halogens is 1. The molecule has 1 aromatic heterocycles. The van der Waals surface area contributed by atoms with Crippen LogP contribution in [-0.4, -0.2) is 23.1 Å². The molecule has 1 heterocycles. The van der Waals surface area contributed by atoms with E-state index < -0.39 is 0 Å². The number of hydrogen-bond donors (Lipinski definition) is 1. The van der Waals surface area contributed by atoms with Gasteiger partial charge < -0.3 is 10.1 Å². The second-order valence-corrected chi connectivity index (χ2v) is 6.83. The summed E-state index contributed by atoms with van der Waals surface area (Å²) in [5.41, 5.74) is 4.79. The van der Waals surface area contributed by atoms with Crippen LogP contribution in [0.25, 0.3) is 0 Å². The van der Waals surface area contributed by atoms with Gasteiger partial charge in [-0.1, -0.05) is 50.9 Å². The predicted octanol–water partition coefficient (Wildman–Crippen LogP) is 5.40. The molecule has 2 rings (SSSR count). The molecule has 4 nitrogen and oxygen atoms in total. The first-order valence-corrected chi connectivity index (χ1v) is 9.96. The van der Waals surface area contributed by atoms with E-state index >= 15 is 0 Å². The van der Waals surface area contributed by atoms with Crippen molar-refractivity contribution < 1.29 is 4.74 Å². The molecule has 0 aliphatic carbocycles. The Hall–Kier alpha value is -1.81. The zero-order valence-electron chi connectivity index (χ0n) is 16.4. The first kappa shape index (κ1) is 20.5. The molecule has 0 radical (unpaired) electrons. The number of unbranched alkanes of at least 4 members (excludes halogenated alkanes) is 1. The lowest BCUT2D eigenvalue weighted by Gasteiger charge is -2.17. The Kier molecular flexibility index (Phi) is 8.17. The van der Waals surface area contributed by atoms with Crippen molar-refractivity contribution >= 4 is 17.4 Å². The maximum Gasteiger partial charge on any atom is 0.148 e. The van der Waals surface area contributed by atoms with Crippen molar-refractivity contribution in [1.82, 2.24) is 9.97 Å². The molecule has 0 atom stereocenters. The minimum absolute atomic E-state index is 0.563. The molecule has 2 aromatic rings. The molecular weight excluding hydrogens is 346 g/mol. The summed E-state index contributed by atoms with van der Waals surface area (Å²) in [7, 11) is 0. The van der Waals surface area contributed by atoms with Gasteiger partial charge in [-0.05, 0) is 49.3 Å². The second kappa shape index (κ2) is 10.4. The monoisotopic (exact) mass is 375 g/mol. The van der Waals surface area contributed by atoms with E-state index in [1.165, 1.54) is 35.9 Å². The topological polar surface area (TPSA) is 47.0 Å². The van der Waals surface area contributed by atoms with Gasteiger partial charge in [-0.3, -0.25) is 0 Å². The number of hydrogen-bond acceptors (Lipinski definition) is 4. The van der Waals surface area contributed by atoms with Gasteiger partial charge in [0.2, 0.25) is 0 Å². The van der Waals surface area contributed by atoms with Crippen LogP contribution < -0.4 is 10.1 Å². The standard InChI is InChI=1S/C21H30ClN3O/c1-5-8-9-16-12-17(6-2)20(18(7-3)13-16)26-11-10-23-21-19(22)15(4)24-14-25-21/h12-14H,5-11H2,1-4H3,(H,23,24,25). The van der Waals surface area contributed by atoms with Gasteiger partial charge in [-0.25, -0.2) is 9.97 Å². The lowest BCUT2D eigenvalue weighted by atomic mass is 9.97. The predicted molar refractivity (Wildman–Crippen MR) is 110 cm³/mol. The van der Waals surface area contributed by atoms with Gasteiger partial charge in [0.05, 0.1) is 12.2 Å². The maximum absolute atomic E-state index is 6.22. The van der Waals surface area contributed by atoms with Gasteiger partial charge in [0.25, 0.3) is 0 Å². The summed E-state index contributed by atoms with van der Waals surface area (Å²) in [4.78, 5) is 8.26. The zero-order valence-corrected chi connectivity index (χ0v) is 17.1. The normalized spacial score (nSPS) is 10.8. The SMILES string of the molecule is CCCCc1cc(CC)c(OCCNc2ncnc(C)c2Cl)c(CC)c1. The van der Waals surface area contributed by atoms with Gasteiger partial charge in [-0.15, -0.1) is 0 Å². The first-order chi connectivity index (χ1) is 12.6. The van der Waals surface area contributed by atoms with E-state index in [1.54, 1.807) is 0 Å². The summed E-state index contributed by atoms with van der Waals surface area (Å²) < 4.78 is 6.15. The maximum atomic E-state index is 6.22. The van der Waals surface area contributed by atoms with E-state index in [2.05, 4.69) is 48.2 Å². The molecule has 0 unspecified atom stereocenters. The third-order valence-electron chi connectivity index (χ3n) is 4.49. The summed E-state index contributed by atoms with van der Waals surface area (Å²) in [6.45, 7) is 9.68. The summed E-state index contributed by atoms with van der Waals surface area (Å²) in [5.74, 6) is 1.70. The highest BCUT2D eigenvalue weighted by Crippen LogP contribution is 2.28. The zero-order chi connectivity index (χ0) is 18.9. The van der Waals surface area contributed by atoms with Crippen LogP contribution in [0.3, 0.4) is 0 Å². The number of aromatic nitrogens is 2. The average molecular weight is 376 g/mol. The number of anilines is 1. The largest absolute Gasteiger partial charge is 0.491 e. The molecule has 1 N–H and O–H groups in total. The van der Waals surface area contributed by atoms with Crippen molar-refractivity contribution in [1.29, 1.82) is 0 Å². The number of nitrogens with one attached hydrogen (secondary N) is 1.